The maximum absolute atomic E-state index is 6.16. The first-order chi connectivity index (χ1) is 11.5. The molecule has 4 aliphatic rings. The molecular weight excluding hydrogens is 300 g/mol. The van der Waals surface area contributed by atoms with E-state index in [0.29, 0.717) is 29.0 Å². The third kappa shape index (κ3) is 3.27. The minimum absolute atomic E-state index is 0.474. The molecular formula is C20H36N2O2. The van der Waals surface area contributed by atoms with E-state index in [9.17, 15) is 0 Å². The van der Waals surface area contributed by atoms with E-state index in [0.717, 1.165) is 19.8 Å². The van der Waals surface area contributed by atoms with Crippen molar-refractivity contribution in [1.82, 2.24) is 9.80 Å². The van der Waals surface area contributed by atoms with Crippen LogP contribution < -0.4 is 0 Å². The molecule has 4 rings (SSSR count). The smallest absolute Gasteiger partial charge is 0.0596 e. The lowest BCUT2D eigenvalue weighted by atomic mass is 9.70. The van der Waals surface area contributed by atoms with Crippen molar-refractivity contribution in [2.24, 2.45) is 10.8 Å². The van der Waals surface area contributed by atoms with Gasteiger partial charge in [-0.25, -0.2) is 0 Å². The highest BCUT2D eigenvalue weighted by Gasteiger charge is 2.49. The van der Waals surface area contributed by atoms with Gasteiger partial charge >= 0.3 is 0 Å². The molecule has 4 fully saturated rings. The monoisotopic (exact) mass is 336 g/mol. The standard InChI is InChI=1S/C20H36N2O2/c1-16(2)21-11-19(12-21)6-8-24-18(10-19)9-17(3)22-13-20(14-22)5-4-7-23-15-20/h16-18H,4-15H2,1-3H3. The Balaban J connectivity index is 1.24. The molecule has 0 N–H and O–H groups in total. The molecule has 0 aromatic heterocycles. The second-order valence-corrected chi connectivity index (χ2v) is 9.59. The molecule has 0 aromatic carbocycles. The number of likely N-dealkylation sites (tertiary alicyclic amines) is 2. The first kappa shape index (κ1) is 17.3. The Hall–Kier alpha value is -0.160. The van der Waals surface area contributed by atoms with Crippen LogP contribution in [0.4, 0.5) is 0 Å². The van der Waals surface area contributed by atoms with Gasteiger partial charge in [-0.15, -0.1) is 0 Å². The van der Waals surface area contributed by atoms with Crippen molar-refractivity contribution in [3.05, 3.63) is 0 Å². The van der Waals surface area contributed by atoms with Crippen LogP contribution in [-0.2, 0) is 9.47 Å². The molecule has 0 amide bonds. The summed E-state index contributed by atoms with van der Waals surface area (Å²) in [6.07, 6.45) is 6.85. The van der Waals surface area contributed by atoms with Gasteiger partial charge in [0.15, 0.2) is 0 Å². The van der Waals surface area contributed by atoms with Crippen LogP contribution in [0.3, 0.4) is 0 Å². The van der Waals surface area contributed by atoms with Gasteiger partial charge in [-0.1, -0.05) is 0 Å². The van der Waals surface area contributed by atoms with Gasteiger partial charge in [-0.3, -0.25) is 9.80 Å². The molecule has 0 bridgehead atoms. The van der Waals surface area contributed by atoms with Crippen molar-refractivity contribution in [2.45, 2.75) is 71.1 Å². The first-order valence-electron chi connectivity index (χ1n) is 10.2. The Labute approximate surface area is 147 Å². The summed E-state index contributed by atoms with van der Waals surface area (Å²) in [6.45, 7) is 15.1. The van der Waals surface area contributed by atoms with E-state index in [1.54, 1.807) is 0 Å². The zero-order chi connectivity index (χ0) is 16.8. The summed E-state index contributed by atoms with van der Waals surface area (Å²) in [5, 5.41) is 0. The van der Waals surface area contributed by atoms with Gasteiger partial charge in [0.2, 0.25) is 0 Å². The summed E-state index contributed by atoms with van der Waals surface area (Å²) in [7, 11) is 0. The normalized spacial score (nSPS) is 34.2. The highest BCUT2D eigenvalue weighted by atomic mass is 16.5. The fraction of sp³-hybridized carbons (Fsp3) is 1.00. The summed E-state index contributed by atoms with van der Waals surface area (Å²) in [4.78, 5) is 5.29. The van der Waals surface area contributed by atoms with Crippen LogP contribution in [-0.4, -0.2) is 74.0 Å². The Bertz CT molecular complexity index is 433. The van der Waals surface area contributed by atoms with Crippen molar-refractivity contribution in [1.29, 1.82) is 0 Å². The predicted molar refractivity (Wildman–Crippen MR) is 96.3 cm³/mol. The van der Waals surface area contributed by atoms with Crippen LogP contribution in [0.1, 0.15) is 52.9 Å². The molecule has 2 atom stereocenters. The zero-order valence-corrected chi connectivity index (χ0v) is 15.9. The van der Waals surface area contributed by atoms with E-state index in [-0.39, 0.29) is 0 Å². The Morgan fingerprint density at radius 1 is 0.958 bits per heavy atom. The van der Waals surface area contributed by atoms with Crippen LogP contribution in [0.15, 0.2) is 0 Å². The molecule has 138 valence electrons. The van der Waals surface area contributed by atoms with Crippen LogP contribution >= 0.6 is 0 Å². The maximum atomic E-state index is 6.16. The maximum Gasteiger partial charge on any atom is 0.0596 e. The highest BCUT2D eigenvalue weighted by molar-refractivity contribution is 5.01. The Morgan fingerprint density at radius 2 is 1.71 bits per heavy atom. The molecule has 0 aliphatic carbocycles. The van der Waals surface area contributed by atoms with E-state index >= 15 is 0 Å². The molecule has 0 saturated carbocycles. The van der Waals surface area contributed by atoms with Crippen molar-refractivity contribution in [3.63, 3.8) is 0 Å². The van der Waals surface area contributed by atoms with Gasteiger partial charge in [0.25, 0.3) is 0 Å². The quantitative estimate of drug-likeness (QED) is 0.788. The molecule has 4 nitrogen and oxygen atoms in total. The summed E-state index contributed by atoms with van der Waals surface area (Å²) >= 11 is 0. The lowest BCUT2D eigenvalue weighted by Crippen LogP contribution is -2.63. The topological polar surface area (TPSA) is 24.9 Å². The second kappa shape index (κ2) is 6.53. The average molecular weight is 337 g/mol. The van der Waals surface area contributed by atoms with Crippen LogP contribution in [0.2, 0.25) is 0 Å². The number of hydrogen-bond donors (Lipinski definition) is 0. The molecule has 24 heavy (non-hydrogen) atoms. The number of hydrogen-bond acceptors (Lipinski definition) is 4. The molecule has 4 heterocycles. The molecule has 0 aromatic rings. The van der Waals surface area contributed by atoms with Crippen molar-refractivity contribution in [2.75, 3.05) is 46.0 Å². The van der Waals surface area contributed by atoms with E-state index in [1.165, 1.54) is 58.3 Å². The summed E-state index contributed by atoms with van der Waals surface area (Å²) in [6, 6.07) is 1.35. The summed E-state index contributed by atoms with van der Waals surface area (Å²) in [5.41, 5.74) is 1.06. The number of rotatable bonds is 4. The van der Waals surface area contributed by atoms with Crippen LogP contribution in [0, 0.1) is 10.8 Å². The third-order valence-corrected chi connectivity index (χ3v) is 7.16. The van der Waals surface area contributed by atoms with Gasteiger partial charge in [-0.05, 0) is 52.9 Å². The molecule has 0 radical (unpaired) electrons. The van der Waals surface area contributed by atoms with Gasteiger partial charge in [0.1, 0.15) is 0 Å². The fourth-order valence-electron chi connectivity index (χ4n) is 5.52. The summed E-state index contributed by atoms with van der Waals surface area (Å²) in [5.74, 6) is 0. The van der Waals surface area contributed by atoms with Crippen LogP contribution in [0.25, 0.3) is 0 Å². The van der Waals surface area contributed by atoms with E-state index in [2.05, 4.69) is 30.6 Å². The zero-order valence-electron chi connectivity index (χ0n) is 15.9. The van der Waals surface area contributed by atoms with Gasteiger partial charge in [0, 0.05) is 62.3 Å². The van der Waals surface area contributed by atoms with Crippen molar-refractivity contribution >= 4 is 0 Å². The Morgan fingerprint density at radius 3 is 2.38 bits per heavy atom. The molecule has 2 spiro atoms. The minimum Gasteiger partial charge on any atom is -0.381 e. The van der Waals surface area contributed by atoms with Gasteiger partial charge < -0.3 is 9.47 Å². The number of nitrogens with zero attached hydrogens (tertiary/aromatic N) is 2. The van der Waals surface area contributed by atoms with E-state index in [4.69, 9.17) is 9.47 Å². The van der Waals surface area contributed by atoms with Gasteiger partial charge in [0.05, 0.1) is 12.7 Å². The lowest BCUT2D eigenvalue weighted by molar-refractivity contribution is -0.143. The second-order valence-electron chi connectivity index (χ2n) is 9.59. The fourth-order valence-corrected chi connectivity index (χ4v) is 5.52. The molecule has 4 aliphatic heterocycles. The van der Waals surface area contributed by atoms with Crippen LogP contribution in [0.5, 0.6) is 0 Å². The SMILES string of the molecule is CC(C)N1CC2(CCOC(CC(C)N3CC4(CCCOC4)C3)C2)C1. The summed E-state index contributed by atoms with van der Waals surface area (Å²) < 4.78 is 11.9. The van der Waals surface area contributed by atoms with Crippen molar-refractivity contribution in [3.8, 4) is 0 Å². The van der Waals surface area contributed by atoms with Crippen molar-refractivity contribution < 1.29 is 9.47 Å². The van der Waals surface area contributed by atoms with E-state index < -0.39 is 0 Å². The average Bonchev–Trinajstić information content (AvgIpc) is 2.51. The Kier molecular flexibility index (Phi) is 4.70. The predicted octanol–water partition coefficient (Wildman–Crippen LogP) is 2.77. The highest BCUT2D eigenvalue weighted by Crippen LogP contribution is 2.44. The largest absolute Gasteiger partial charge is 0.381 e. The lowest BCUT2D eigenvalue weighted by Gasteiger charge is -2.57. The molecule has 2 unspecified atom stereocenters. The molecule has 4 heteroatoms. The molecule has 4 saturated heterocycles. The van der Waals surface area contributed by atoms with E-state index in [1.807, 2.05) is 0 Å². The first-order valence-corrected chi connectivity index (χ1v) is 10.2. The number of ether oxygens (including phenoxy) is 2. The minimum atomic E-state index is 0.474. The van der Waals surface area contributed by atoms with Gasteiger partial charge in [-0.2, -0.15) is 0 Å². The third-order valence-electron chi connectivity index (χ3n) is 7.16.